The van der Waals surface area contributed by atoms with Crippen LogP contribution in [0.3, 0.4) is 0 Å². The maximum atomic E-state index is 12.7. The molecule has 0 radical (unpaired) electrons. The van der Waals surface area contributed by atoms with Crippen LogP contribution in [0.2, 0.25) is 0 Å². The number of rotatable bonds is 1. The molecule has 2 nitrogen and oxygen atoms in total. The SMILES string of the molecule is Nc1ccc2c(ccn2C2CCC(C(F)(F)F)CC2)c1. The van der Waals surface area contributed by atoms with Crippen LogP contribution in [0.15, 0.2) is 30.5 Å². The van der Waals surface area contributed by atoms with E-state index >= 15 is 0 Å². The minimum absolute atomic E-state index is 0.162. The molecule has 0 saturated heterocycles. The molecule has 1 aliphatic carbocycles. The fourth-order valence-corrected chi connectivity index (χ4v) is 3.18. The second-order valence-electron chi connectivity index (χ2n) is 5.59. The number of hydrogen-bond acceptors (Lipinski definition) is 1. The van der Waals surface area contributed by atoms with Crippen molar-refractivity contribution in [3.05, 3.63) is 30.5 Å². The van der Waals surface area contributed by atoms with Gasteiger partial charge in [-0.05, 0) is 49.9 Å². The van der Waals surface area contributed by atoms with E-state index in [1.807, 2.05) is 30.5 Å². The van der Waals surface area contributed by atoms with Gasteiger partial charge in [0.1, 0.15) is 0 Å². The first-order valence-electron chi connectivity index (χ1n) is 6.88. The Hall–Kier alpha value is -1.65. The molecule has 0 atom stereocenters. The fraction of sp³-hybridized carbons (Fsp3) is 0.467. The summed E-state index contributed by atoms with van der Waals surface area (Å²) in [5.74, 6) is -1.13. The van der Waals surface area contributed by atoms with Gasteiger partial charge in [0.05, 0.1) is 5.92 Å². The number of nitrogens with zero attached hydrogens (tertiary/aromatic N) is 1. The zero-order valence-corrected chi connectivity index (χ0v) is 11.0. The van der Waals surface area contributed by atoms with Gasteiger partial charge in [0.2, 0.25) is 0 Å². The van der Waals surface area contributed by atoms with E-state index in [2.05, 4.69) is 4.57 Å². The lowest BCUT2D eigenvalue weighted by Crippen LogP contribution is -2.28. The third-order valence-corrected chi connectivity index (χ3v) is 4.30. The molecule has 1 heterocycles. The summed E-state index contributed by atoms with van der Waals surface area (Å²) >= 11 is 0. The van der Waals surface area contributed by atoms with Gasteiger partial charge in [-0.1, -0.05) is 0 Å². The number of anilines is 1. The number of nitrogen functional groups attached to an aromatic ring is 1. The zero-order valence-electron chi connectivity index (χ0n) is 11.0. The average molecular weight is 282 g/mol. The van der Waals surface area contributed by atoms with Gasteiger partial charge in [-0.25, -0.2) is 0 Å². The molecule has 1 aliphatic rings. The van der Waals surface area contributed by atoms with Crippen LogP contribution in [0, 0.1) is 5.92 Å². The molecule has 0 aliphatic heterocycles. The van der Waals surface area contributed by atoms with Crippen molar-refractivity contribution in [1.29, 1.82) is 0 Å². The van der Waals surface area contributed by atoms with Gasteiger partial charge < -0.3 is 10.3 Å². The molecular weight excluding hydrogens is 265 g/mol. The van der Waals surface area contributed by atoms with Crippen LogP contribution in [-0.2, 0) is 0 Å². The van der Waals surface area contributed by atoms with Crippen molar-refractivity contribution < 1.29 is 13.2 Å². The number of nitrogens with two attached hydrogens (primary N) is 1. The molecule has 0 amide bonds. The summed E-state index contributed by atoms with van der Waals surface area (Å²) in [6.45, 7) is 0. The summed E-state index contributed by atoms with van der Waals surface area (Å²) in [7, 11) is 0. The van der Waals surface area contributed by atoms with Crippen molar-refractivity contribution >= 4 is 16.6 Å². The van der Waals surface area contributed by atoms with Crippen molar-refractivity contribution in [3.63, 3.8) is 0 Å². The highest BCUT2D eigenvalue weighted by molar-refractivity contribution is 5.83. The van der Waals surface area contributed by atoms with Gasteiger partial charge in [0, 0.05) is 28.8 Å². The lowest BCUT2D eigenvalue weighted by Gasteiger charge is -2.31. The number of fused-ring (bicyclic) bond motifs is 1. The molecule has 20 heavy (non-hydrogen) atoms. The topological polar surface area (TPSA) is 30.9 Å². The van der Waals surface area contributed by atoms with E-state index in [-0.39, 0.29) is 18.9 Å². The van der Waals surface area contributed by atoms with Gasteiger partial charge in [-0.15, -0.1) is 0 Å². The number of halogens is 3. The van der Waals surface area contributed by atoms with Gasteiger partial charge in [-0.2, -0.15) is 13.2 Å². The second-order valence-corrected chi connectivity index (χ2v) is 5.59. The Bertz CT molecular complexity index is 607. The van der Waals surface area contributed by atoms with Crippen LogP contribution >= 0.6 is 0 Å². The molecule has 0 spiro atoms. The lowest BCUT2D eigenvalue weighted by atomic mass is 9.85. The van der Waals surface area contributed by atoms with E-state index in [0.29, 0.717) is 18.5 Å². The molecule has 2 aromatic rings. The van der Waals surface area contributed by atoms with Gasteiger partial charge >= 0.3 is 6.18 Å². The Balaban J connectivity index is 1.80. The number of hydrogen-bond donors (Lipinski definition) is 1. The van der Waals surface area contributed by atoms with Crippen LogP contribution in [0.5, 0.6) is 0 Å². The molecule has 3 rings (SSSR count). The monoisotopic (exact) mass is 282 g/mol. The molecule has 1 fully saturated rings. The van der Waals surface area contributed by atoms with E-state index in [1.54, 1.807) is 0 Å². The van der Waals surface area contributed by atoms with Crippen LogP contribution in [0.25, 0.3) is 10.9 Å². The quantitative estimate of drug-likeness (QED) is 0.766. The highest BCUT2D eigenvalue weighted by Crippen LogP contribution is 2.42. The fourth-order valence-electron chi connectivity index (χ4n) is 3.18. The molecule has 108 valence electrons. The minimum atomic E-state index is -4.04. The molecule has 0 bridgehead atoms. The highest BCUT2D eigenvalue weighted by Gasteiger charge is 2.41. The first-order chi connectivity index (χ1) is 9.45. The summed E-state index contributed by atoms with van der Waals surface area (Å²) < 4.78 is 40.2. The van der Waals surface area contributed by atoms with Crippen molar-refractivity contribution in [1.82, 2.24) is 4.57 Å². The molecular formula is C15H17F3N2. The Morgan fingerprint density at radius 2 is 1.75 bits per heavy atom. The van der Waals surface area contributed by atoms with Crippen LogP contribution in [-0.4, -0.2) is 10.7 Å². The number of benzene rings is 1. The predicted octanol–water partition coefficient (Wildman–Crippen LogP) is 4.52. The first kappa shape index (κ1) is 13.3. The van der Waals surface area contributed by atoms with Gasteiger partial charge in [0.25, 0.3) is 0 Å². The van der Waals surface area contributed by atoms with E-state index in [1.165, 1.54) is 0 Å². The Morgan fingerprint density at radius 1 is 1.05 bits per heavy atom. The van der Waals surface area contributed by atoms with Crippen LogP contribution in [0.4, 0.5) is 18.9 Å². The van der Waals surface area contributed by atoms with Crippen LogP contribution in [0.1, 0.15) is 31.7 Å². The molecule has 0 unspecified atom stereocenters. The first-order valence-corrected chi connectivity index (χ1v) is 6.88. The molecule has 1 aromatic carbocycles. The summed E-state index contributed by atoms with van der Waals surface area (Å²) in [4.78, 5) is 0. The van der Waals surface area contributed by atoms with Gasteiger partial charge in [-0.3, -0.25) is 0 Å². The smallest absolute Gasteiger partial charge is 0.391 e. The third kappa shape index (κ3) is 2.37. The van der Waals surface area contributed by atoms with Crippen molar-refractivity contribution in [2.24, 2.45) is 5.92 Å². The van der Waals surface area contributed by atoms with E-state index < -0.39 is 12.1 Å². The predicted molar refractivity (Wildman–Crippen MR) is 73.4 cm³/mol. The standard InChI is InChI=1S/C15H17F3N2/c16-15(17,18)11-1-4-13(5-2-11)20-8-7-10-9-12(19)3-6-14(10)20/h3,6-9,11,13H,1-2,4-5,19H2. The summed E-state index contributed by atoms with van der Waals surface area (Å²) in [5.41, 5.74) is 7.50. The third-order valence-electron chi connectivity index (χ3n) is 4.30. The highest BCUT2D eigenvalue weighted by atomic mass is 19.4. The summed E-state index contributed by atoms with van der Waals surface area (Å²) in [6, 6.07) is 7.81. The number of alkyl halides is 3. The summed E-state index contributed by atoms with van der Waals surface area (Å²) in [6.07, 6.45) is -0.469. The Labute approximate surface area is 115 Å². The van der Waals surface area contributed by atoms with Crippen LogP contribution < -0.4 is 5.73 Å². The maximum Gasteiger partial charge on any atom is 0.391 e. The Kier molecular flexibility index (Phi) is 3.15. The lowest BCUT2D eigenvalue weighted by molar-refractivity contribution is -0.183. The summed E-state index contributed by atoms with van der Waals surface area (Å²) in [5, 5.41) is 1.04. The second kappa shape index (κ2) is 4.72. The Morgan fingerprint density at radius 3 is 2.40 bits per heavy atom. The average Bonchev–Trinajstić information content (AvgIpc) is 2.80. The van der Waals surface area contributed by atoms with E-state index in [0.717, 1.165) is 10.9 Å². The maximum absolute atomic E-state index is 12.7. The van der Waals surface area contributed by atoms with Gasteiger partial charge in [0.15, 0.2) is 0 Å². The van der Waals surface area contributed by atoms with E-state index in [9.17, 15) is 13.2 Å². The number of aromatic nitrogens is 1. The molecule has 1 aromatic heterocycles. The zero-order chi connectivity index (χ0) is 14.3. The van der Waals surface area contributed by atoms with E-state index in [4.69, 9.17) is 5.73 Å². The molecule has 2 N–H and O–H groups in total. The normalized spacial score (nSPS) is 24.1. The van der Waals surface area contributed by atoms with Crippen molar-refractivity contribution in [2.75, 3.05) is 5.73 Å². The minimum Gasteiger partial charge on any atom is -0.399 e. The largest absolute Gasteiger partial charge is 0.399 e. The van der Waals surface area contributed by atoms with Crippen molar-refractivity contribution in [2.45, 2.75) is 37.9 Å². The van der Waals surface area contributed by atoms with Crippen molar-refractivity contribution in [3.8, 4) is 0 Å². The molecule has 1 saturated carbocycles. The molecule has 5 heteroatoms.